The van der Waals surface area contributed by atoms with Gasteiger partial charge in [0.1, 0.15) is 5.82 Å². The zero-order valence-corrected chi connectivity index (χ0v) is 9.96. The van der Waals surface area contributed by atoms with Gasteiger partial charge in [-0.2, -0.15) is 0 Å². The summed E-state index contributed by atoms with van der Waals surface area (Å²) in [5.74, 6) is -0.144. The first-order valence-electron chi connectivity index (χ1n) is 5.96. The van der Waals surface area contributed by atoms with E-state index in [1.54, 1.807) is 6.07 Å². The summed E-state index contributed by atoms with van der Waals surface area (Å²) < 4.78 is 13.3. The van der Waals surface area contributed by atoms with E-state index in [1.165, 1.54) is 6.07 Å². The van der Waals surface area contributed by atoms with Gasteiger partial charge in [-0.3, -0.25) is 0 Å². The Hall–Kier alpha value is -1.09. The lowest BCUT2D eigenvalue weighted by Crippen LogP contribution is -2.51. The fourth-order valence-corrected chi connectivity index (χ4v) is 2.33. The minimum atomic E-state index is -0.144. The number of halogens is 1. The van der Waals surface area contributed by atoms with E-state index in [2.05, 4.69) is 17.1 Å². The van der Waals surface area contributed by atoms with Crippen LogP contribution >= 0.6 is 0 Å². The van der Waals surface area contributed by atoms with Crippen LogP contribution in [0.3, 0.4) is 0 Å². The number of hydrogen-bond acceptors (Lipinski definition) is 2. The van der Waals surface area contributed by atoms with Crippen molar-refractivity contribution in [1.29, 1.82) is 0 Å². The molecule has 3 heteroatoms. The van der Waals surface area contributed by atoms with Gasteiger partial charge in [0.05, 0.1) is 0 Å². The SMILES string of the molecule is CCC1CNCCN1c1cc(F)ccc1C. The number of aryl methyl sites for hydroxylation is 1. The summed E-state index contributed by atoms with van der Waals surface area (Å²) in [4.78, 5) is 2.33. The molecule has 2 rings (SSSR count). The molecule has 1 aliphatic heterocycles. The van der Waals surface area contributed by atoms with Gasteiger partial charge in [0.15, 0.2) is 0 Å². The second-order valence-electron chi connectivity index (χ2n) is 4.39. The summed E-state index contributed by atoms with van der Waals surface area (Å²) in [5, 5.41) is 3.38. The van der Waals surface area contributed by atoms with Gasteiger partial charge in [-0.15, -0.1) is 0 Å². The highest BCUT2D eigenvalue weighted by atomic mass is 19.1. The van der Waals surface area contributed by atoms with E-state index in [0.29, 0.717) is 6.04 Å². The zero-order chi connectivity index (χ0) is 11.5. The molecule has 0 spiro atoms. The Bertz CT molecular complexity index is 365. The Morgan fingerprint density at radius 3 is 3.06 bits per heavy atom. The molecule has 1 aliphatic rings. The van der Waals surface area contributed by atoms with Crippen LogP contribution in [0, 0.1) is 12.7 Å². The van der Waals surface area contributed by atoms with E-state index in [9.17, 15) is 4.39 Å². The number of rotatable bonds is 2. The highest BCUT2D eigenvalue weighted by Gasteiger charge is 2.22. The fourth-order valence-electron chi connectivity index (χ4n) is 2.33. The van der Waals surface area contributed by atoms with Crippen molar-refractivity contribution in [1.82, 2.24) is 5.32 Å². The molecule has 0 amide bonds. The summed E-state index contributed by atoms with van der Waals surface area (Å²) in [5.41, 5.74) is 2.20. The monoisotopic (exact) mass is 222 g/mol. The molecule has 0 radical (unpaired) electrons. The van der Waals surface area contributed by atoms with Crippen LogP contribution in [0.5, 0.6) is 0 Å². The highest BCUT2D eigenvalue weighted by Crippen LogP contribution is 2.24. The molecule has 2 nitrogen and oxygen atoms in total. The highest BCUT2D eigenvalue weighted by molar-refractivity contribution is 5.54. The van der Waals surface area contributed by atoms with E-state index in [-0.39, 0.29) is 5.82 Å². The third kappa shape index (κ3) is 2.19. The second kappa shape index (κ2) is 4.83. The molecule has 0 aromatic heterocycles. The molecule has 1 heterocycles. The average molecular weight is 222 g/mol. The van der Waals surface area contributed by atoms with Gasteiger partial charge in [-0.05, 0) is 31.0 Å². The van der Waals surface area contributed by atoms with Crippen molar-refractivity contribution in [3.05, 3.63) is 29.6 Å². The molecule has 1 atom stereocenters. The predicted molar refractivity (Wildman–Crippen MR) is 65.4 cm³/mol. The lowest BCUT2D eigenvalue weighted by atomic mass is 10.1. The molecule has 1 N–H and O–H groups in total. The van der Waals surface area contributed by atoms with Gasteiger partial charge in [0, 0.05) is 31.4 Å². The minimum Gasteiger partial charge on any atom is -0.366 e. The third-order valence-electron chi connectivity index (χ3n) is 3.30. The first-order chi connectivity index (χ1) is 7.72. The van der Waals surface area contributed by atoms with E-state index < -0.39 is 0 Å². The maximum Gasteiger partial charge on any atom is 0.125 e. The van der Waals surface area contributed by atoms with Crippen molar-refractivity contribution in [3.8, 4) is 0 Å². The van der Waals surface area contributed by atoms with Gasteiger partial charge in [-0.25, -0.2) is 4.39 Å². The van der Waals surface area contributed by atoms with Crippen LogP contribution in [-0.2, 0) is 0 Å². The molecule has 1 aromatic carbocycles. The first-order valence-corrected chi connectivity index (χ1v) is 5.96. The van der Waals surface area contributed by atoms with Crippen molar-refractivity contribution < 1.29 is 4.39 Å². The van der Waals surface area contributed by atoms with Crippen LogP contribution in [0.2, 0.25) is 0 Å². The number of benzene rings is 1. The second-order valence-corrected chi connectivity index (χ2v) is 4.39. The van der Waals surface area contributed by atoms with Gasteiger partial charge < -0.3 is 10.2 Å². The zero-order valence-electron chi connectivity index (χ0n) is 9.96. The summed E-state index contributed by atoms with van der Waals surface area (Å²) in [7, 11) is 0. The molecular formula is C13H19FN2. The molecule has 1 saturated heterocycles. The standard InChI is InChI=1S/C13H19FN2/c1-3-12-9-15-6-7-16(12)13-8-11(14)5-4-10(13)2/h4-5,8,12,15H,3,6-7,9H2,1-2H3. The lowest BCUT2D eigenvalue weighted by Gasteiger charge is -2.38. The molecule has 1 aromatic rings. The van der Waals surface area contributed by atoms with Crippen molar-refractivity contribution >= 4 is 5.69 Å². The third-order valence-corrected chi connectivity index (χ3v) is 3.30. The van der Waals surface area contributed by atoms with E-state index in [4.69, 9.17) is 0 Å². The molecule has 1 fully saturated rings. The summed E-state index contributed by atoms with van der Waals surface area (Å²) in [6.07, 6.45) is 1.09. The molecule has 88 valence electrons. The number of hydrogen-bond donors (Lipinski definition) is 1. The average Bonchev–Trinajstić information content (AvgIpc) is 2.32. The maximum absolute atomic E-state index is 13.3. The van der Waals surface area contributed by atoms with E-state index in [1.807, 2.05) is 13.0 Å². The molecular weight excluding hydrogens is 203 g/mol. The van der Waals surface area contributed by atoms with Crippen molar-refractivity contribution in [2.75, 3.05) is 24.5 Å². The van der Waals surface area contributed by atoms with Crippen LogP contribution in [-0.4, -0.2) is 25.7 Å². The van der Waals surface area contributed by atoms with Gasteiger partial charge >= 0.3 is 0 Å². The smallest absolute Gasteiger partial charge is 0.125 e. The Balaban J connectivity index is 2.30. The van der Waals surface area contributed by atoms with Crippen LogP contribution < -0.4 is 10.2 Å². The Kier molecular flexibility index (Phi) is 3.44. The molecule has 16 heavy (non-hydrogen) atoms. The number of nitrogens with one attached hydrogen (secondary N) is 1. The molecule has 0 aliphatic carbocycles. The molecule has 0 bridgehead atoms. The van der Waals surface area contributed by atoms with Crippen LogP contribution in [0.15, 0.2) is 18.2 Å². The van der Waals surface area contributed by atoms with Gasteiger partial charge in [0.2, 0.25) is 0 Å². The molecule has 1 unspecified atom stereocenters. The van der Waals surface area contributed by atoms with Crippen LogP contribution in [0.4, 0.5) is 10.1 Å². The summed E-state index contributed by atoms with van der Waals surface area (Å²) in [6, 6.07) is 5.53. The fraction of sp³-hybridized carbons (Fsp3) is 0.538. The first kappa shape index (κ1) is 11.4. The van der Waals surface area contributed by atoms with Crippen molar-refractivity contribution in [2.24, 2.45) is 0 Å². The van der Waals surface area contributed by atoms with Crippen LogP contribution in [0.25, 0.3) is 0 Å². The lowest BCUT2D eigenvalue weighted by molar-refractivity contribution is 0.465. The van der Waals surface area contributed by atoms with Gasteiger partial charge in [0.25, 0.3) is 0 Å². The topological polar surface area (TPSA) is 15.3 Å². The Morgan fingerprint density at radius 1 is 1.50 bits per heavy atom. The normalized spacial score (nSPS) is 21.2. The Morgan fingerprint density at radius 2 is 2.31 bits per heavy atom. The Labute approximate surface area is 96.5 Å². The van der Waals surface area contributed by atoms with Crippen molar-refractivity contribution in [3.63, 3.8) is 0 Å². The van der Waals surface area contributed by atoms with E-state index >= 15 is 0 Å². The summed E-state index contributed by atoms with van der Waals surface area (Å²) >= 11 is 0. The minimum absolute atomic E-state index is 0.144. The van der Waals surface area contributed by atoms with Crippen LogP contribution in [0.1, 0.15) is 18.9 Å². The quantitative estimate of drug-likeness (QED) is 0.826. The number of piperazine rings is 1. The maximum atomic E-state index is 13.3. The van der Waals surface area contributed by atoms with Crippen molar-refractivity contribution in [2.45, 2.75) is 26.3 Å². The summed E-state index contributed by atoms with van der Waals surface area (Å²) in [6.45, 7) is 7.16. The molecule has 0 saturated carbocycles. The van der Waals surface area contributed by atoms with E-state index in [0.717, 1.165) is 37.3 Å². The predicted octanol–water partition coefficient (Wildman–Crippen LogP) is 2.32. The van der Waals surface area contributed by atoms with Gasteiger partial charge in [-0.1, -0.05) is 13.0 Å². The number of anilines is 1. The largest absolute Gasteiger partial charge is 0.366 e. The number of nitrogens with zero attached hydrogens (tertiary/aromatic N) is 1.